The predicted octanol–water partition coefficient (Wildman–Crippen LogP) is 4.05. The zero-order chi connectivity index (χ0) is 15.2. The lowest BCUT2D eigenvalue weighted by molar-refractivity contribution is -0.385. The standard InChI is InChI=1S/C17H15NO3/c1-2-13-7-9-15(10-8-13)17(19)12-11-14-5-3-4-6-16(14)18(20)21/h3-12H,2H2,1H3/b12-11+. The Balaban J connectivity index is 2.20. The summed E-state index contributed by atoms with van der Waals surface area (Å²) in [5.41, 5.74) is 2.14. The molecule has 0 aliphatic rings. The number of aryl methyl sites for hydroxylation is 1. The summed E-state index contributed by atoms with van der Waals surface area (Å²) in [4.78, 5) is 22.5. The van der Waals surface area contributed by atoms with Gasteiger partial charge in [-0.15, -0.1) is 0 Å². The molecule has 0 aliphatic carbocycles. The zero-order valence-electron chi connectivity index (χ0n) is 11.7. The highest BCUT2D eigenvalue weighted by molar-refractivity contribution is 6.07. The van der Waals surface area contributed by atoms with Gasteiger partial charge in [-0.2, -0.15) is 0 Å². The summed E-state index contributed by atoms with van der Waals surface area (Å²) in [6.45, 7) is 2.05. The largest absolute Gasteiger partial charge is 0.289 e. The number of carbonyl (C=O) groups is 1. The van der Waals surface area contributed by atoms with E-state index in [1.165, 1.54) is 18.2 Å². The quantitative estimate of drug-likeness (QED) is 0.359. The number of carbonyl (C=O) groups excluding carboxylic acids is 1. The van der Waals surface area contributed by atoms with Gasteiger partial charge in [0.25, 0.3) is 5.69 Å². The average Bonchev–Trinajstić information content (AvgIpc) is 2.52. The second kappa shape index (κ2) is 6.61. The maximum absolute atomic E-state index is 12.0. The molecule has 0 aromatic heterocycles. The molecule has 2 aromatic carbocycles. The minimum Gasteiger partial charge on any atom is -0.289 e. The van der Waals surface area contributed by atoms with E-state index in [0.717, 1.165) is 12.0 Å². The number of para-hydroxylation sites is 1. The van der Waals surface area contributed by atoms with E-state index in [2.05, 4.69) is 0 Å². The minimum absolute atomic E-state index is 0.0112. The first-order valence-corrected chi connectivity index (χ1v) is 6.66. The average molecular weight is 281 g/mol. The molecular formula is C17H15NO3. The fourth-order valence-corrected chi connectivity index (χ4v) is 1.96. The molecule has 0 aliphatic heterocycles. The lowest BCUT2D eigenvalue weighted by atomic mass is 10.1. The lowest BCUT2D eigenvalue weighted by Crippen LogP contribution is -1.95. The molecule has 4 heteroatoms. The van der Waals surface area contributed by atoms with E-state index in [4.69, 9.17) is 0 Å². The Bertz CT molecular complexity index is 687. The number of allylic oxidation sites excluding steroid dienone is 1. The van der Waals surface area contributed by atoms with Crippen molar-refractivity contribution in [3.8, 4) is 0 Å². The van der Waals surface area contributed by atoms with Crippen LogP contribution in [-0.2, 0) is 6.42 Å². The predicted molar refractivity (Wildman–Crippen MR) is 82.3 cm³/mol. The molecule has 2 rings (SSSR count). The Morgan fingerprint density at radius 2 is 1.81 bits per heavy atom. The number of nitro groups is 1. The van der Waals surface area contributed by atoms with Crippen molar-refractivity contribution in [2.75, 3.05) is 0 Å². The van der Waals surface area contributed by atoms with Crippen LogP contribution in [0.25, 0.3) is 6.08 Å². The normalized spacial score (nSPS) is 10.7. The van der Waals surface area contributed by atoms with Crippen molar-refractivity contribution in [1.82, 2.24) is 0 Å². The minimum atomic E-state index is -0.458. The highest BCUT2D eigenvalue weighted by Gasteiger charge is 2.10. The van der Waals surface area contributed by atoms with Gasteiger partial charge in [-0.1, -0.05) is 43.3 Å². The van der Waals surface area contributed by atoms with Gasteiger partial charge < -0.3 is 0 Å². The zero-order valence-corrected chi connectivity index (χ0v) is 11.7. The highest BCUT2D eigenvalue weighted by atomic mass is 16.6. The van der Waals surface area contributed by atoms with Crippen molar-refractivity contribution in [1.29, 1.82) is 0 Å². The van der Waals surface area contributed by atoms with Crippen molar-refractivity contribution in [3.05, 3.63) is 81.4 Å². The molecule has 2 aromatic rings. The summed E-state index contributed by atoms with van der Waals surface area (Å²) in [6, 6.07) is 13.7. The van der Waals surface area contributed by atoms with Crippen LogP contribution >= 0.6 is 0 Å². The summed E-state index contributed by atoms with van der Waals surface area (Å²) < 4.78 is 0. The van der Waals surface area contributed by atoms with E-state index >= 15 is 0 Å². The first-order valence-electron chi connectivity index (χ1n) is 6.66. The fourth-order valence-electron chi connectivity index (χ4n) is 1.96. The molecule has 0 atom stereocenters. The lowest BCUT2D eigenvalue weighted by Gasteiger charge is -1.99. The smallest absolute Gasteiger partial charge is 0.276 e. The highest BCUT2D eigenvalue weighted by Crippen LogP contribution is 2.19. The van der Waals surface area contributed by atoms with Gasteiger partial charge in [-0.3, -0.25) is 14.9 Å². The van der Waals surface area contributed by atoms with E-state index in [1.54, 1.807) is 30.3 Å². The van der Waals surface area contributed by atoms with E-state index in [0.29, 0.717) is 11.1 Å². The molecular weight excluding hydrogens is 266 g/mol. The third-order valence-corrected chi connectivity index (χ3v) is 3.19. The number of ketones is 1. The molecule has 0 saturated carbocycles. The number of nitrogens with zero attached hydrogens (tertiary/aromatic N) is 1. The molecule has 0 amide bonds. The first kappa shape index (κ1) is 14.7. The van der Waals surface area contributed by atoms with Crippen LogP contribution in [-0.4, -0.2) is 10.7 Å². The van der Waals surface area contributed by atoms with Crippen molar-refractivity contribution < 1.29 is 9.72 Å². The van der Waals surface area contributed by atoms with E-state index in [9.17, 15) is 14.9 Å². The summed E-state index contributed by atoms with van der Waals surface area (Å²) in [6.07, 6.45) is 3.76. The molecule has 4 nitrogen and oxygen atoms in total. The van der Waals surface area contributed by atoms with Crippen LogP contribution in [0.3, 0.4) is 0 Å². The Labute approximate surface area is 122 Å². The summed E-state index contributed by atoms with van der Waals surface area (Å²) in [7, 11) is 0. The molecule has 0 unspecified atom stereocenters. The van der Waals surface area contributed by atoms with Crippen LogP contribution < -0.4 is 0 Å². The maximum Gasteiger partial charge on any atom is 0.276 e. The number of hydrogen-bond acceptors (Lipinski definition) is 3. The Kier molecular flexibility index (Phi) is 4.61. The van der Waals surface area contributed by atoms with Crippen LogP contribution in [0, 0.1) is 10.1 Å². The van der Waals surface area contributed by atoms with Gasteiger partial charge in [0, 0.05) is 11.6 Å². The van der Waals surface area contributed by atoms with E-state index < -0.39 is 4.92 Å². The van der Waals surface area contributed by atoms with E-state index in [1.807, 2.05) is 19.1 Å². The molecule has 0 fully saturated rings. The van der Waals surface area contributed by atoms with Gasteiger partial charge in [-0.25, -0.2) is 0 Å². The monoisotopic (exact) mass is 281 g/mol. The Morgan fingerprint density at radius 3 is 2.43 bits per heavy atom. The van der Waals surface area contributed by atoms with Gasteiger partial charge in [0.1, 0.15) is 0 Å². The Hall–Kier alpha value is -2.75. The molecule has 0 radical (unpaired) electrons. The molecule has 21 heavy (non-hydrogen) atoms. The van der Waals surface area contributed by atoms with Crippen LogP contribution in [0.1, 0.15) is 28.4 Å². The summed E-state index contributed by atoms with van der Waals surface area (Å²) in [5, 5.41) is 10.9. The van der Waals surface area contributed by atoms with Crippen LogP contribution in [0.5, 0.6) is 0 Å². The van der Waals surface area contributed by atoms with Crippen molar-refractivity contribution in [2.45, 2.75) is 13.3 Å². The third kappa shape index (κ3) is 3.63. The van der Waals surface area contributed by atoms with Gasteiger partial charge in [0.2, 0.25) is 0 Å². The van der Waals surface area contributed by atoms with Crippen molar-refractivity contribution in [2.24, 2.45) is 0 Å². The summed E-state index contributed by atoms with van der Waals surface area (Å²) in [5.74, 6) is -0.171. The second-order valence-corrected chi connectivity index (χ2v) is 4.56. The van der Waals surface area contributed by atoms with E-state index in [-0.39, 0.29) is 11.5 Å². The fraction of sp³-hybridized carbons (Fsp3) is 0.118. The molecule has 0 N–H and O–H groups in total. The number of hydrogen-bond donors (Lipinski definition) is 0. The number of nitro benzene ring substituents is 1. The van der Waals surface area contributed by atoms with Gasteiger partial charge >= 0.3 is 0 Å². The topological polar surface area (TPSA) is 60.2 Å². The molecule has 0 bridgehead atoms. The van der Waals surface area contributed by atoms with Crippen LogP contribution in [0.15, 0.2) is 54.6 Å². The summed E-state index contributed by atoms with van der Waals surface area (Å²) >= 11 is 0. The van der Waals surface area contributed by atoms with Crippen molar-refractivity contribution >= 4 is 17.5 Å². The number of rotatable bonds is 5. The third-order valence-electron chi connectivity index (χ3n) is 3.19. The first-order chi connectivity index (χ1) is 10.1. The van der Waals surface area contributed by atoms with Crippen LogP contribution in [0.4, 0.5) is 5.69 Å². The number of benzene rings is 2. The van der Waals surface area contributed by atoms with Gasteiger partial charge in [0.15, 0.2) is 5.78 Å². The second-order valence-electron chi connectivity index (χ2n) is 4.56. The molecule has 0 saturated heterocycles. The van der Waals surface area contributed by atoms with Gasteiger partial charge in [-0.05, 0) is 30.2 Å². The molecule has 0 spiro atoms. The maximum atomic E-state index is 12.0. The van der Waals surface area contributed by atoms with Crippen LogP contribution in [0.2, 0.25) is 0 Å². The Morgan fingerprint density at radius 1 is 1.14 bits per heavy atom. The van der Waals surface area contributed by atoms with Gasteiger partial charge in [0.05, 0.1) is 10.5 Å². The SMILES string of the molecule is CCc1ccc(C(=O)/C=C/c2ccccc2[N+](=O)[O-])cc1. The molecule has 106 valence electrons. The molecule has 0 heterocycles. The van der Waals surface area contributed by atoms with Crippen molar-refractivity contribution in [3.63, 3.8) is 0 Å².